The van der Waals surface area contributed by atoms with Gasteiger partial charge in [0.1, 0.15) is 5.82 Å². The fraction of sp³-hybridized carbons (Fsp3) is 0.588. The molecule has 2 heterocycles. The van der Waals surface area contributed by atoms with Gasteiger partial charge in [0.25, 0.3) is 5.91 Å². The number of nitrogens with zero attached hydrogens (tertiary/aromatic N) is 1. The summed E-state index contributed by atoms with van der Waals surface area (Å²) in [5.74, 6) is -0.471. The summed E-state index contributed by atoms with van der Waals surface area (Å²) in [4.78, 5) is 14.3. The van der Waals surface area contributed by atoms with Gasteiger partial charge in [-0.2, -0.15) is 0 Å². The first kappa shape index (κ1) is 16.5. The molecule has 0 aromatic heterocycles. The maximum atomic E-state index is 14.3. The van der Waals surface area contributed by atoms with Gasteiger partial charge in [-0.25, -0.2) is 4.39 Å². The number of carbonyl (C=O) groups excluding carboxylic acids is 1. The van der Waals surface area contributed by atoms with Crippen LogP contribution in [0.3, 0.4) is 0 Å². The zero-order valence-electron chi connectivity index (χ0n) is 14.2. The molecule has 2 fully saturated rings. The highest BCUT2D eigenvalue weighted by Gasteiger charge is 2.52. The third-order valence-electron chi connectivity index (χ3n) is 5.14. The van der Waals surface area contributed by atoms with Gasteiger partial charge in [0.15, 0.2) is 0 Å². The second-order valence-electron chi connectivity index (χ2n) is 7.32. The van der Waals surface area contributed by atoms with Gasteiger partial charge < -0.3 is 14.2 Å². The summed E-state index contributed by atoms with van der Waals surface area (Å²) in [6.07, 6.45) is 2.05. The molecule has 1 aromatic rings. The molecule has 0 radical (unpaired) electrons. The molecule has 1 amide bonds. The summed E-state index contributed by atoms with van der Waals surface area (Å²) in [6, 6.07) is 4.42. The van der Waals surface area contributed by atoms with Gasteiger partial charge in [-0.15, -0.1) is 0 Å². The Kier molecular flexibility index (Phi) is 4.01. The maximum absolute atomic E-state index is 14.3. The Bertz CT molecular complexity index is 610. The summed E-state index contributed by atoms with van der Waals surface area (Å²) < 4.78 is 26.1. The quantitative estimate of drug-likeness (QED) is 0.786. The molecule has 1 aromatic carbocycles. The van der Waals surface area contributed by atoms with Crippen LogP contribution in [0, 0.1) is 5.82 Å². The third kappa shape index (κ3) is 2.90. The van der Waals surface area contributed by atoms with E-state index < -0.39 is 24.1 Å². The first-order valence-corrected chi connectivity index (χ1v) is 8.16. The molecule has 0 spiro atoms. The van der Waals surface area contributed by atoms with Crippen LogP contribution in [-0.2, 0) is 9.31 Å². The molecule has 2 aliphatic heterocycles. The van der Waals surface area contributed by atoms with E-state index >= 15 is 0 Å². The average Bonchev–Trinajstić information content (AvgIpc) is 3.06. The van der Waals surface area contributed by atoms with Crippen LogP contribution in [0.1, 0.15) is 50.9 Å². The molecule has 4 nitrogen and oxygen atoms in total. The van der Waals surface area contributed by atoms with Crippen LogP contribution < -0.4 is 5.46 Å². The van der Waals surface area contributed by atoms with Crippen LogP contribution in [-0.4, -0.2) is 42.2 Å². The van der Waals surface area contributed by atoms with Gasteiger partial charge in [-0.05, 0) is 58.7 Å². The molecule has 124 valence electrons. The zero-order valence-corrected chi connectivity index (χ0v) is 14.2. The van der Waals surface area contributed by atoms with Crippen LogP contribution in [0.25, 0.3) is 0 Å². The smallest absolute Gasteiger partial charge is 0.399 e. The van der Waals surface area contributed by atoms with E-state index in [-0.39, 0.29) is 11.4 Å². The second-order valence-corrected chi connectivity index (χ2v) is 7.32. The summed E-state index contributed by atoms with van der Waals surface area (Å²) in [5, 5.41) is 0. The predicted molar refractivity (Wildman–Crippen MR) is 87.3 cm³/mol. The lowest BCUT2D eigenvalue weighted by Gasteiger charge is -2.32. The van der Waals surface area contributed by atoms with Crippen molar-refractivity contribution in [3.05, 3.63) is 29.6 Å². The minimum absolute atomic E-state index is 0.0553. The Hall–Kier alpha value is -1.40. The molecule has 0 atom stereocenters. The van der Waals surface area contributed by atoms with Gasteiger partial charge in [-0.1, -0.05) is 0 Å². The summed E-state index contributed by atoms with van der Waals surface area (Å²) in [7, 11) is -0.800. The normalized spacial score (nSPS) is 22.7. The van der Waals surface area contributed by atoms with Crippen LogP contribution in [0.5, 0.6) is 0 Å². The highest BCUT2D eigenvalue weighted by atomic mass is 19.1. The van der Waals surface area contributed by atoms with Crippen molar-refractivity contribution in [2.45, 2.75) is 51.7 Å². The van der Waals surface area contributed by atoms with E-state index in [1.54, 1.807) is 11.0 Å². The van der Waals surface area contributed by atoms with E-state index in [9.17, 15) is 9.18 Å². The fourth-order valence-corrected chi connectivity index (χ4v) is 2.93. The number of halogens is 1. The van der Waals surface area contributed by atoms with Crippen LogP contribution in [0.2, 0.25) is 0 Å². The predicted octanol–water partition coefficient (Wildman–Crippen LogP) is 2.36. The van der Waals surface area contributed by atoms with Crippen molar-refractivity contribution in [2.75, 3.05) is 13.1 Å². The van der Waals surface area contributed by atoms with Gasteiger partial charge in [0.2, 0.25) is 0 Å². The SMILES string of the molecule is CC1(C)OB(c2cc(C(=O)N3CCCC3)ccc2F)OC1(C)C. The minimum Gasteiger partial charge on any atom is -0.399 e. The average molecular weight is 319 g/mol. The molecule has 2 saturated heterocycles. The number of amides is 1. The van der Waals surface area contributed by atoms with E-state index in [0.29, 0.717) is 5.56 Å². The number of benzene rings is 1. The molecule has 0 bridgehead atoms. The van der Waals surface area contributed by atoms with Crippen molar-refractivity contribution in [3.63, 3.8) is 0 Å². The molecule has 2 aliphatic rings. The Morgan fingerprint density at radius 2 is 1.70 bits per heavy atom. The summed E-state index contributed by atoms with van der Waals surface area (Å²) >= 11 is 0. The molecule has 0 N–H and O–H groups in total. The lowest BCUT2D eigenvalue weighted by molar-refractivity contribution is 0.00578. The monoisotopic (exact) mass is 319 g/mol. The largest absolute Gasteiger partial charge is 0.497 e. The van der Waals surface area contributed by atoms with E-state index in [2.05, 4.69) is 0 Å². The topological polar surface area (TPSA) is 38.8 Å². The molecule has 0 saturated carbocycles. The number of hydrogen-bond donors (Lipinski definition) is 0. The van der Waals surface area contributed by atoms with Crippen molar-refractivity contribution in [3.8, 4) is 0 Å². The number of rotatable bonds is 2. The van der Waals surface area contributed by atoms with E-state index in [4.69, 9.17) is 9.31 Å². The summed E-state index contributed by atoms with van der Waals surface area (Å²) in [6.45, 7) is 9.21. The zero-order chi connectivity index (χ0) is 16.8. The van der Waals surface area contributed by atoms with Crippen LogP contribution in [0.4, 0.5) is 4.39 Å². The summed E-state index contributed by atoms with van der Waals surface area (Å²) in [5.41, 5.74) is -0.315. The van der Waals surface area contributed by atoms with E-state index in [1.165, 1.54) is 12.1 Å². The van der Waals surface area contributed by atoms with Gasteiger partial charge in [0.05, 0.1) is 11.2 Å². The van der Waals surface area contributed by atoms with Gasteiger partial charge in [0, 0.05) is 24.1 Å². The van der Waals surface area contributed by atoms with E-state index in [1.807, 2.05) is 27.7 Å². The first-order chi connectivity index (χ1) is 10.7. The number of carbonyl (C=O) groups is 1. The molecule has 23 heavy (non-hydrogen) atoms. The fourth-order valence-electron chi connectivity index (χ4n) is 2.93. The Balaban J connectivity index is 1.88. The Morgan fingerprint density at radius 3 is 2.26 bits per heavy atom. The van der Waals surface area contributed by atoms with Crippen LogP contribution in [0.15, 0.2) is 18.2 Å². The van der Waals surface area contributed by atoms with E-state index in [0.717, 1.165) is 25.9 Å². The Morgan fingerprint density at radius 1 is 1.13 bits per heavy atom. The number of likely N-dealkylation sites (tertiary alicyclic amines) is 1. The first-order valence-electron chi connectivity index (χ1n) is 8.16. The highest BCUT2D eigenvalue weighted by Crippen LogP contribution is 2.36. The van der Waals surface area contributed by atoms with Crippen molar-refractivity contribution >= 4 is 18.5 Å². The van der Waals surface area contributed by atoms with Crippen molar-refractivity contribution < 1.29 is 18.5 Å². The minimum atomic E-state index is -0.800. The standard InChI is InChI=1S/C17H23BFNO3/c1-16(2)17(3,4)23-18(22-16)13-11-12(7-8-14(13)19)15(21)20-9-5-6-10-20/h7-8,11H,5-6,9-10H2,1-4H3. The Labute approximate surface area is 137 Å². The van der Waals surface area contributed by atoms with Crippen molar-refractivity contribution in [2.24, 2.45) is 0 Å². The second kappa shape index (κ2) is 5.60. The van der Waals surface area contributed by atoms with Crippen LogP contribution >= 0.6 is 0 Å². The lowest BCUT2D eigenvalue weighted by atomic mass is 9.78. The number of hydrogen-bond acceptors (Lipinski definition) is 3. The highest BCUT2D eigenvalue weighted by molar-refractivity contribution is 6.62. The molecule has 6 heteroatoms. The molecule has 3 rings (SSSR count). The molecular weight excluding hydrogens is 296 g/mol. The van der Waals surface area contributed by atoms with Gasteiger partial charge >= 0.3 is 7.12 Å². The lowest BCUT2D eigenvalue weighted by Crippen LogP contribution is -2.41. The third-order valence-corrected chi connectivity index (χ3v) is 5.14. The molecular formula is C17H23BFNO3. The molecule has 0 unspecified atom stereocenters. The van der Waals surface area contributed by atoms with Gasteiger partial charge in [-0.3, -0.25) is 4.79 Å². The molecule has 0 aliphatic carbocycles. The maximum Gasteiger partial charge on any atom is 0.497 e. The van der Waals surface area contributed by atoms with Crippen molar-refractivity contribution in [1.29, 1.82) is 0 Å². The van der Waals surface area contributed by atoms with Crippen molar-refractivity contribution in [1.82, 2.24) is 4.90 Å².